The Hall–Kier alpha value is -2.16. The van der Waals surface area contributed by atoms with Crippen molar-refractivity contribution in [3.8, 4) is 0 Å². The number of benzene rings is 2. The molecule has 0 radical (unpaired) electrons. The zero-order chi connectivity index (χ0) is 14.7. The Bertz CT molecular complexity index is 635. The zero-order valence-electron chi connectivity index (χ0n) is 11.9. The van der Waals surface area contributed by atoms with Gasteiger partial charge in [-0.25, -0.2) is 4.39 Å². The highest BCUT2D eigenvalue weighted by atomic mass is 19.1. The van der Waals surface area contributed by atoms with E-state index in [0.717, 1.165) is 5.56 Å². The zero-order valence-corrected chi connectivity index (χ0v) is 11.9. The number of carbonyl (C=O) groups is 1. The van der Waals surface area contributed by atoms with Gasteiger partial charge in [-0.15, -0.1) is 0 Å². The number of aryl methyl sites for hydroxylation is 1. The fourth-order valence-electron chi connectivity index (χ4n) is 2.00. The van der Waals surface area contributed by atoms with Crippen LogP contribution in [0.5, 0.6) is 0 Å². The number of nitrogens with one attached hydrogen (secondary N) is 1. The van der Waals surface area contributed by atoms with Crippen LogP contribution in [0.25, 0.3) is 0 Å². The molecule has 0 saturated carbocycles. The second kappa shape index (κ2) is 5.87. The molecule has 0 aliphatic heterocycles. The largest absolute Gasteiger partial charge is 0.322 e. The van der Waals surface area contributed by atoms with Crippen LogP contribution in [0.15, 0.2) is 42.5 Å². The first-order chi connectivity index (χ1) is 9.49. The Balaban J connectivity index is 2.24. The molecule has 0 bridgehead atoms. The lowest BCUT2D eigenvalue weighted by molar-refractivity contribution is 0.102. The normalized spacial score (nSPS) is 10.7. The van der Waals surface area contributed by atoms with Crippen LogP contribution in [0.1, 0.15) is 41.3 Å². The minimum Gasteiger partial charge on any atom is -0.322 e. The lowest BCUT2D eigenvalue weighted by Crippen LogP contribution is -2.14. The van der Waals surface area contributed by atoms with Crippen LogP contribution < -0.4 is 5.32 Å². The number of carbonyl (C=O) groups excluding carboxylic acids is 1. The summed E-state index contributed by atoms with van der Waals surface area (Å²) < 4.78 is 13.9. The maximum Gasteiger partial charge on any atom is 0.258 e. The third-order valence-corrected chi connectivity index (χ3v) is 3.25. The fourth-order valence-corrected chi connectivity index (χ4v) is 2.00. The van der Waals surface area contributed by atoms with Crippen molar-refractivity contribution in [3.63, 3.8) is 0 Å². The highest BCUT2D eigenvalue weighted by molar-refractivity contribution is 6.04. The molecule has 2 nitrogen and oxygen atoms in total. The van der Waals surface area contributed by atoms with Gasteiger partial charge in [0.2, 0.25) is 0 Å². The Morgan fingerprint density at radius 3 is 2.55 bits per heavy atom. The molecule has 0 heterocycles. The van der Waals surface area contributed by atoms with Crippen LogP contribution in [0.3, 0.4) is 0 Å². The first-order valence-electron chi connectivity index (χ1n) is 6.65. The van der Waals surface area contributed by atoms with Crippen LogP contribution in [-0.4, -0.2) is 5.91 Å². The first kappa shape index (κ1) is 14.3. The summed E-state index contributed by atoms with van der Waals surface area (Å²) in [6, 6.07) is 12.4. The number of rotatable bonds is 3. The van der Waals surface area contributed by atoms with Gasteiger partial charge in [0.05, 0.1) is 5.56 Å². The molecule has 1 N–H and O–H groups in total. The van der Waals surface area contributed by atoms with Crippen molar-refractivity contribution in [2.24, 2.45) is 0 Å². The van der Waals surface area contributed by atoms with Crippen molar-refractivity contribution in [2.75, 3.05) is 5.32 Å². The number of hydrogen-bond donors (Lipinski definition) is 1. The molecule has 2 aromatic carbocycles. The lowest BCUT2D eigenvalue weighted by Gasteiger charge is -2.10. The van der Waals surface area contributed by atoms with Gasteiger partial charge in [-0.1, -0.05) is 38.1 Å². The van der Waals surface area contributed by atoms with E-state index in [4.69, 9.17) is 0 Å². The van der Waals surface area contributed by atoms with Gasteiger partial charge in [-0.2, -0.15) is 0 Å². The van der Waals surface area contributed by atoms with Crippen LogP contribution in [0.2, 0.25) is 0 Å². The van der Waals surface area contributed by atoms with Crippen molar-refractivity contribution < 1.29 is 9.18 Å². The molecule has 0 fully saturated rings. The van der Waals surface area contributed by atoms with E-state index in [1.165, 1.54) is 6.07 Å². The van der Waals surface area contributed by atoms with E-state index >= 15 is 0 Å². The molecule has 0 saturated heterocycles. The highest BCUT2D eigenvalue weighted by Gasteiger charge is 2.13. The van der Waals surface area contributed by atoms with E-state index in [9.17, 15) is 9.18 Å². The van der Waals surface area contributed by atoms with Crippen molar-refractivity contribution in [1.82, 2.24) is 0 Å². The average molecular weight is 271 g/mol. The summed E-state index contributed by atoms with van der Waals surface area (Å²) in [6.45, 7) is 5.81. The second-order valence-electron chi connectivity index (χ2n) is 5.17. The fraction of sp³-hybridized carbons (Fsp3) is 0.235. The number of hydrogen-bond acceptors (Lipinski definition) is 1. The van der Waals surface area contributed by atoms with Gasteiger partial charge in [0.1, 0.15) is 5.82 Å². The van der Waals surface area contributed by atoms with Crippen LogP contribution in [0.4, 0.5) is 10.1 Å². The minimum absolute atomic E-state index is 0.0694. The molecule has 0 aromatic heterocycles. The van der Waals surface area contributed by atoms with Crippen LogP contribution in [0, 0.1) is 12.7 Å². The summed E-state index contributed by atoms with van der Waals surface area (Å²) in [7, 11) is 0. The van der Waals surface area contributed by atoms with Crippen molar-refractivity contribution in [1.29, 1.82) is 0 Å². The summed E-state index contributed by atoms with van der Waals surface area (Å²) in [5.41, 5.74) is 2.35. The third-order valence-electron chi connectivity index (χ3n) is 3.25. The summed E-state index contributed by atoms with van der Waals surface area (Å²) in [5.74, 6) is -0.514. The van der Waals surface area contributed by atoms with E-state index in [2.05, 4.69) is 19.2 Å². The Morgan fingerprint density at radius 2 is 1.85 bits per heavy atom. The monoisotopic (exact) mass is 271 g/mol. The minimum atomic E-state index is -0.468. The number of halogens is 1. The molecule has 3 heteroatoms. The lowest BCUT2D eigenvalue weighted by atomic mass is 10.0. The van der Waals surface area contributed by atoms with E-state index < -0.39 is 11.7 Å². The number of anilines is 1. The van der Waals surface area contributed by atoms with Gasteiger partial charge in [-0.3, -0.25) is 4.79 Å². The summed E-state index contributed by atoms with van der Waals surface area (Å²) in [5, 5.41) is 2.74. The SMILES string of the molecule is Cc1cccc(C(=O)Nc2cccc(C(C)C)c2)c1F. The van der Waals surface area contributed by atoms with E-state index in [-0.39, 0.29) is 5.56 Å². The van der Waals surface area contributed by atoms with Gasteiger partial charge < -0.3 is 5.32 Å². The maximum absolute atomic E-state index is 13.9. The van der Waals surface area contributed by atoms with Crippen LogP contribution in [-0.2, 0) is 0 Å². The average Bonchev–Trinajstić information content (AvgIpc) is 2.42. The highest BCUT2D eigenvalue weighted by Crippen LogP contribution is 2.20. The Kier molecular flexibility index (Phi) is 4.18. The van der Waals surface area contributed by atoms with Gasteiger partial charge in [-0.05, 0) is 42.2 Å². The van der Waals surface area contributed by atoms with Gasteiger partial charge in [0.15, 0.2) is 0 Å². The number of amides is 1. The van der Waals surface area contributed by atoms with Crippen LogP contribution >= 0.6 is 0 Å². The second-order valence-corrected chi connectivity index (χ2v) is 5.17. The Labute approximate surface area is 118 Å². The van der Waals surface area contributed by atoms with Crippen molar-refractivity contribution >= 4 is 11.6 Å². The molecule has 104 valence electrons. The van der Waals surface area contributed by atoms with Crippen molar-refractivity contribution in [2.45, 2.75) is 26.7 Å². The van der Waals surface area contributed by atoms with E-state index in [1.807, 2.05) is 18.2 Å². The van der Waals surface area contributed by atoms with Crippen molar-refractivity contribution in [3.05, 3.63) is 65.0 Å². The summed E-state index contributed by atoms with van der Waals surface area (Å²) >= 11 is 0. The molecule has 0 unspecified atom stereocenters. The van der Waals surface area contributed by atoms with Gasteiger partial charge >= 0.3 is 0 Å². The van der Waals surface area contributed by atoms with E-state index in [0.29, 0.717) is 17.2 Å². The first-order valence-corrected chi connectivity index (χ1v) is 6.65. The molecule has 20 heavy (non-hydrogen) atoms. The molecule has 0 spiro atoms. The predicted molar refractivity (Wildman–Crippen MR) is 79.6 cm³/mol. The molecular formula is C17H18FNO. The summed E-state index contributed by atoms with van der Waals surface area (Å²) in [6.07, 6.45) is 0. The quantitative estimate of drug-likeness (QED) is 0.874. The van der Waals surface area contributed by atoms with E-state index in [1.54, 1.807) is 25.1 Å². The topological polar surface area (TPSA) is 29.1 Å². The molecule has 0 aliphatic rings. The van der Waals surface area contributed by atoms with Gasteiger partial charge in [0.25, 0.3) is 5.91 Å². The molecule has 0 aliphatic carbocycles. The molecule has 2 rings (SSSR count). The molecule has 0 atom stereocenters. The molecule has 2 aromatic rings. The smallest absolute Gasteiger partial charge is 0.258 e. The predicted octanol–water partition coefficient (Wildman–Crippen LogP) is 4.51. The summed E-state index contributed by atoms with van der Waals surface area (Å²) in [4.78, 5) is 12.1. The standard InChI is InChI=1S/C17H18FNO/c1-11(2)13-7-5-8-14(10-13)19-17(20)15-9-4-6-12(3)16(15)18/h4-11H,1-3H3,(H,19,20). The third kappa shape index (κ3) is 3.05. The Morgan fingerprint density at radius 1 is 1.15 bits per heavy atom. The maximum atomic E-state index is 13.9. The van der Waals surface area contributed by atoms with Gasteiger partial charge in [0, 0.05) is 5.69 Å². The molecule has 1 amide bonds. The molecular weight excluding hydrogens is 253 g/mol.